The van der Waals surface area contributed by atoms with Crippen molar-refractivity contribution in [1.82, 2.24) is 15.1 Å². The van der Waals surface area contributed by atoms with Gasteiger partial charge < -0.3 is 10.2 Å². The fourth-order valence-corrected chi connectivity index (χ4v) is 3.76. The van der Waals surface area contributed by atoms with Gasteiger partial charge in [0.05, 0.1) is 16.1 Å². The minimum absolute atomic E-state index is 0.132. The van der Waals surface area contributed by atoms with Crippen LogP contribution < -0.4 is 10.2 Å². The molecule has 5 nitrogen and oxygen atoms in total. The van der Waals surface area contributed by atoms with Crippen LogP contribution in [-0.4, -0.2) is 29.8 Å². The number of benzene rings is 2. The summed E-state index contributed by atoms with van der Waals surface area (Å²) < 4.78 is 1.76. The maximum atomic E-state index is 13.0. The molecule has 0 atom stereocenters. The van der Waals surface area contributed by atoms with E-state index in [9.17, 15) is 4.79 Å². The molecule has 0 aliphatic carbocycles. The Balaban J connectivity index is 1.57. The number of thiophene rings is 1. The number of rotatable bonds is 6. The van der Waals surface area contributed by atoms with E-state index in [1.54, 1.807) is 22.2 Å². The lowest BCUT2D eigenvalue weighted by Crippen LogP contribution is -2.23. The molecule has 0 radical (unpaired) electrons. The third-order valence-corrected chi connectivity index (χ3v) is 5.52. The minimum Gasteiger partial charge on any atom is -0.378 e. The second-order valence-corrected chi connectivity index (χ2v) is 7.84. The summed E-state index contributed by atoms with van der Waals surface area (Å²) in [4.78, 5) is 16.0. The van der Waals surface area contributed by atoms with Crippen LogP contribution in [0.25, 0.3) is 16.3 Å². The molecule has 0 unspecified atom stereocenters. The van der Waals surface area contributed by atoms with Gasteiger partial charge in [0.15, 0.2) is 0 Å². The molecule has 6 heteroatoms. The number of carbonyl (C=O) groups is 1. The fraction of sp³-hybridized carbons (Fsp3) is 0.130. The molecule has 0 bridgehead atoms. The molecule has 2 aromatic carbocycles. The van der Waals surface area contributed by atoms with Crippen molar-refractivity contribution in [1.29, 1.82) is 0 Å². The molecule has 0 spiro atoms. The van der Waals surface area contributed by atoms with E-state index < -0.39 is 0 Å². The summed E-state index contributed by atoms with van der Waals surface area (Å²) in [5.74, 6) is -0.132. The van der Waals surface area contributed by atoms with Crippen LogP contribution in [-0.2, 0) is 6.54 Å². The van der Waals surface area contributed by atoms with E-state index in [0.29, 0.717) is 17.8 Å². The molecule has 0 saturated heterocycles. The molecule has 4 rings (SSSR count). The Kier molecular flexibility index (Phi) is 5.44. The third kappa shape index (κ3) is 4.22. The fourth-order valence-electron chi connectivity index (χ4n) is 3.04. The highest BCUT2D eigenvalue weighted by Gasteiger charge is 2.19. The highest BCUT2D eigenvalue weighted by Crippen LogP contribution is 2.28. The number of nitrogens with zero attached hydrogens (tertiary/aromatic N) is 3. The maximum absolute atomic E-state index is 13.0. The summed E-state index contributed by atoms with van der Waals surface area (Å²) in [6, 6.07) is 21.9. The second-order valence-electron chi connectivity index (χ2n) is 6.89. The van der Waals surface area contributed by atoms with Gasteiger partial charge in [0.2, 0.25) is 0 Å². The molecular weight excluding hydrogens is 380 g/mol. The maximum Gasteiger partial charge on any atom is 0.255 e. The zero-order chi connectivity index (χ0) is 20.2. The average Bonchev–Trinajstić information content (AvgIpc) is 3.43. The molecule has 0 fully saturated rings. The van der Waals surface area contributed by atoms with Gasteiger partial charge in [0.25, 0.3) is 5.91 Å². The van der Waals surface area contributed by atoms with E-state index >= 15 is 0 Å². The van der Waals surface area contributed by atoms with Crippen molar-refractivity contribution >= 4 is 22.9 Å². The molecule has 4 aromatic rings. The Morgan fingerprint density at radius 2 is 1.79 bits per heavy atom. The quantitative estimate of drug-likeness (QED) is 0.513. The largest absolute Gasteiger partial charge is 0.378 e. The monoisotopic (exact) mass is 402 g/mol. The van der Waals surface area contributed by atoms with Crippen molar-refractivity contribution in [2.24, 2.45) is 0 Å². The first kappa shape index (κ1) is 19.0. The SMILES string of the molecule is CN(C)c1ccc(CNC(=O)c2cn(-c3ccccc3)nc2-c2cccs2)cc1. The average molecular weight is 403 g/mol. The first-order valence-corrected chi connectivity index (χ1v) is 10.2. The van der Waals surface area contributed by atoms with Crippen molar-refractivity contribution in [3.8, 4) is 16.3 Å². The smallest absolute Gasteiger partial charge is 0.255 e. The molecule has 146 valence electrons. The van der Waals surface area contributed by atoms with E-state index in [1.165, 1.54) is 0 Å². The summed E-state index contributed by atoms with van der Waals surface area (Å²) in [7, 11) is 4.01. The molecule has 29 heavy (non-hydrogen) atoms. The molecule has 2 aromatic heterocycles. The third-order valence-electron chi connectivity index (χ3n) is 4.64. The van der Waals surface area contributed by atoms with Crippen molar-refractivity contribution in [2.45, 2.75) is 6.54 Å². The number of hydrogen-bond donors (Lipinski definition) is 1. The lowest BCUT2D eigenvalue weighted by molar-refractivity contribution is 0.0951. The van der Waals surface area contributed by atoms with E-state index in [0.717, 1.165) is 21.8 Å². The Labute approximate surface area is 174 Å². The van der Waals surface area contributed by atoms with Gasteiger partial charge in [-0.3, -0.25) is 4.79 Å². The lowest BCUT2D eigenvalue weighted by Gasteiger charge is -2.12. The van der Waals surface area contributed by atoms with Crippen molar-refractivity contribution in [3.05, 3.63) is 89.4 Å². The number of aromatic nitrogens is 2. The van der Waals surface area contributed by atoms with Crippen LogP contribution in [0, 0.1) is 0 Å². The second kappa shape index (κ2) is 8.32. The lowest BCUT2D eigenvalue weighted by atomic mass is 10.1. The predicted molar refractivity (Wildman–Crippen MR) is 119 cm³/mol. The van der Waals surface area contributed by atoms with Gasteiger partial charge in [-0.2, -0.15) is 5.10 Å². The molecule has 1 amide bonds. The predicted octanol–water partition coefficient (Wildman–Crippen LogP) is 4.60. The number of amides is 1. The van der Waals surface area contributed by atoms with Crippen LogP contribution in [0.15, 0.2) is 78.3 Å². The Morgan fingerprint density at radius 1 is 1.03 bits per heavy atom. The highest BCUT2D eigenvalue weighted by molar-refractivity contribution is 7.13. The van der Waals surface area contributed by atoms with Gasteiger partial charge in [-0.05, 0) is 41.3 Å². The highest BCUT2D eigenvalue weighted by atomic mass is 32.1. The van der Waals surface area contributed by atoms with Crippen molar-refractivity contribution in [2.75, 3.05) is 19.0 Å². The zero-order valence-electron chi connectivity index (χ0n) is 16.4. The van der Waals surface area contributed by atoms with Gasteiger partial charge >= 0.3 is 0 Å². The van der Waals surface area contributed by atoms with Crippen LogP contribution >= 0.6 is 11.3 Å². The van der Waals surface area contributed by atoms with E-state index in [2.05, 4.69) is 5.32 Å². The first-order chi connectivity index (χ1) is 14.1. The summed E-state index contributed by atoms with van der Waals surface area (Å²) >= 11 is 1.57. The number of carbonyl (C=O) groups excluding carboxylic acids is 1. The Morgan fingerprint density at radius 3 is 2.45 bits per heavy atom. The Bertz CT molecular complexity index is 1080. The van der Waals surface area contributed by atoms with Crippen LogP contribution in [0.3, 0.4) is 0 Å². The van der Waals surface area contributed by atoms with Gasteiger partial charge in [0.1, 0.15) is 5.69 Å². The van der Waals surface area contributed by atoms with E-state index in [1.807, 2.05) is 91.1 Å². The standard InChI is InChI=1S/C23H22N4OS/c1-26(2)18-12-10-17(11-13-18)15-24-23(28)20-16-27(19-7-4-3-5-8-19)25-22(20)21-9-6-14-29-21/h3-14,16H,15H2,1-2H3,(H,24,28). The molecule has 0 aliphatic rings. The summed E-state index contributed by atoms with van der Waals surface area (Å²) in [5, 5.41) is 9.71. The van der Waals surface area contributed by atoms with Crippen LogP contribution in [0.4, 0.5) is 5.69 Å². The number of para-hydroxylation sites is 1. The van der Waals surface area contributed by atoms with Gasteiger partial charge in [-0.15, -0.1) is 11.3 Å². The van der Waals surface area contributed by atoms with Gasteiger partial charge in [0, 0.05) is 32.5 Å². The van der Waals surface area contributed by atoms with Crippen LogP contribution in [0.5, 0.6) is 0 Å². The number of hydrogen-bond acceptors (Lipinski definition) is 4. The minimum atomic E-state index is -0.132. The summed E-state index contributed by atoms with van der Waals surface area (Å²) in [6.07, 6.45) is 1.80. The zero-order valence-corrected chi connectivity index (χ0v) is 17.2. The topological polar surface area (TPSA) is 50.2 Å². The van der Waals surface area contributed by atoms with Gasteiger partial charge in [-0.1, -0.05) is 36.4 Å². The van der Waals surface area contributed by atoms with Gasteiger partial charge in [-0.25, -0.2) is 4.68 Å². The Hall–Kier alpha value is -3.38. The first-order valence-electron chi connectivity index (χ1n) is 9.35. The molecule has 0 saturated carbocycles. The van der Waals surface area contributed by atoms with E-state index in [4.69, 9.17) is 5.10 Å². The van der Waals surface area contributed by atoms with Crippen LogP contribution in [0.1, 0.15) is 15.9 Å². The molecule has 2 heterocycles. The summed E-state index contributed by atoms with van der Waals surface area (Å²) in [6.45, 7) is 0.465. The number of nitrogens with one attached hydrogen (secondary N) is 1. The molecular formula is C23H22N4OS. The van der Waals surface area contributed by atoms with Crippen LogP contribution in [0.2, 0.25) is 0 Å². The number of anilines is 1. The molecule has 0 aliphatic heterocycles. The molecule has 1 N–H and O–H groups in total. The van der Waals surface area contributed by atoms with Crippen molar-refractivity contribution in [3.63, 3.8) is 0 Å². The summed E-state index contributed by atoms with van der Waals surface area (Å²) in [5.41, 5.74) is 4.37. The van der Waals surface area contributed by atoms with E-state index in [-0.39, 0.29) is 5.91 Å². The normalized spacial score (nSPS) is 10.7. The van der Waals surface area contributed by atoms with Crippen molar-refractivity contribution < 1.29 is 4.79 Å².